The van der Waals surface area contributed by atoms with Crippen molar-refractivity contribution in [2.75, 3.05) is 11.1 Å². The van der Waals surface area contributed by atoms with Gasteiger partial charge < -0.3 is 15.8 Å². The number of ether oxygens (including phenoxy) is 1. The van der Waals surface area contributed by atoms with Crippen LogP contribution in [0.4, 0.5) is 15.8 Å². The molecule has 0 heterocycles. The molecule has 112 valence electrons. The van der Waals surface area contributed by atoms with E-state index in [1.807, 2.05) is 6.92 Å². The fourth-order valence-electron chi connectivity index (χ4n) is 2.01. The number of nitrogens with one attached hydrogen (secondary N) is 1. The lowest BCUT2D eigenvalue weighted by atomic mass is 10.1. The summed E-state index contributed by atoms with van der Waals surface area (Å²) >= 11 is 0. The molecule has 0 aliphatic heterocycles. The summed E-state index contributed by atoms with van der Waals surface area (Å²) in [5.41, 5.74) is 6.23. The fourth-order valence-corrected chi connectivity index (χ4v) is 2.01. The molecule has 1 aromatic rings. The Morgan fingerprint density at radius 1 is 1.35 bits per heavy atom. The van der Waals surface area contributed by atoms with Crippen molar-refractivity contribution in [1.82, 2.24) is 0 Å². The first kappa shape index (κ1) is 16.4. The van der Waals surface area contributed by atoms with Gasteiger partial charge in [-0.1, -0.05) is 13.8 Å². The number of nitrogens with two attached hydrogens (primary N) is 1. The number of anilines is 2. The fraction of sp³-hybridized carbons (Fsp3) is 0.533. The highest BCUT2D eigenvalue weighted by Crippen LogP contribution is 2.19. The number of hydrogen-bond acceptors (Lipinski definition) is 3. The van der Waals surface area contributed by atoms with Crippen molar-refractivity contribution in [3.63, 3.8) is 0 Å². The molecule has 0 spiro atoms. The highest BCUT2D eigenvalue weighted by atomic mass is 19.1. The van der Waals surface area contributed by atoms with Gasteiger partial charge in [0.05, 0.1) is 17.5 Å². The number of carbonyl (C=O) groups excluding carboxylic acids is 1. The number of benzene rings is 1. The SMILES string of the molecule is CC(C)CC(C)OC(C)C(=O)Nc1ccc(F)cc1N. The van der Waals surface area contributed by atoms with Crippen molar-refractivity contribution in [3.05, 3.63) is 24.0 Å². The summed E-state index contributed by atoms with van der Waals surface area (Å²) in [6, 6.07) is 3.86. The number of amides is 1. The highest BCUT2D eigenvalue weighted by Gasteiger charge is 2.18. The van der Waals surface area contributed by atoms with E-state index in [4.69, 9.17) is 10.5 Å². The van der Waals surface area contributed by atoms with Crippen LogP contribution in [0.3, 0.4) is 0 Å². The summed E-state index contributed by atoms with van der Waals surface area (Å²) in [6.45, 7) is 7.83. The smallest absolute Gasteiger partial charge is 0.253 e. The number of halogens is 1. The minimum absolute atomic E-state index is 0.00122. The first-order valence-corrected chi connectivity index (χ1v) is 6.81. The molecule has 0 aliphatic carbocycles. The van der Waals surface area contributed by atoms with Gasteiger partial charge in [-0.2, -0.15) is 0 Å². The second-order valence-corrected chi connectivity index (χ2v) is 5.44. The summed E-state index contributed by atoms with van der Waals surface area (Å²) in [5.74, 6) is -0.220. The Kier molecular flexibility index (Phi) is 5.95. The Bertz CT molecular complexity index is 463. The van der Waals surface area contributed by atoms with Gasteiger partial charge in [-0.15, -0.1) is 0 Å². The zero-order valence-corrected chi connectivity index (χ0v) is 12.4. The topological polar surface area (TPSA) is 64.3 Å². The van der Waals surface area contributed by atoms with E-state index >= 15 is 0 Å². The van der Waals surface area contributed by atoms with Gasteiger partial charge in [-0.3, -0.25) is 4.79 Å². The number of rotatable bonds is 6. The van der Waals surface area contributed by atoms with Crippen LogP contribution in [0.5, 0.6) is 0 Å². The third-order valence-electron chi connectivity index (χ3n) is 2.88. The Hall–Kier alpha value is -1.62. The molecular weight excluding hydrogens is 259 g/mol. The molecule has 0 bridgehead atoms. The zero-order chi connectivity index (χ0) is 15.3. The molecule has 0 saturated carbocycles. The molecule has 0 aliphatic rings. The monoisotopic (exact) mass is 282 g/mol. The van der Waals surface area contributed by atoms with Crippen LogP contribution in [-0.4, -0.2) is 18.1 Å². The minimum atomic E-state index is -0.590. The molecule has 2 atom stereocenters. The third-order valence-corrected chi connectivity index (χ3v) is 2.88. The van der Waals surface area contributed by atoms with Crippen LogP contribution in [0.25, 0.3) is 0 Å². The van der Waals surface area contributed by atoms with Crippen molar-refractivity contribution < 1.29 is 13.9 Å². The maximum Gasteiger partial charge on any atom is 0.253 e. The Morgan fingerprint density at radius 3 is 2.55 bits per heavy atom. The predicted molar refractivity (Wildman–Crippen MR) is 78.9 cm³/mol. The van der Waals surface area contributed by atoms with Gasteiger partial charge in [-0.25, -0.2) is 4.39 Å². The molecule has 1 aromatic carbocycles. The second-order valence-electron chi connectivity index (χ2n) is 5.44. The van der Waals surface area contributed by atoms with Gasteiger partial charge in [0, 0.05) is 0 Å². The quantitative estimate of drug-likeness (QED) is 0.788. The van der Waals surface area contributed by atoms with Crippen LogP contribution >= 0.6 is 0 Å². The van der Waals surface area contributed by atoms with Crippen molar-refractivity contribution >= 4 is 17.3 Å². The standard InChI is InChI=1S/C15H23FN2O2/c1-9(2)7-10(3)20-11(4)15(19)18-14-6-5-12(16)8-13(14)17/h5-6,8-11H,7,17H2,1-4H3,(H,18,19). The van der Waals surface area contributed by atoms with Gasteiger partial charge in [0.1, 0.15) is 11.9 Å². The zero-order valence-electron chi connectivity index (χ0n) is 12.4. The Morgan fingerprint density at radius 2 is 2.00 bits per heavy atom. The molecule has 0 fully saturated rings. The lowest BCUT2D eigenvalue weighted by molar-refractivity contribution is -0.129. The summed E-state index contributed by atoms with van der Waals surface area (Å²) < 4.78 is 18.6. The van der Waals surface area contributed by atoms with Crippen LogP contribution in [0, 0.1) is 11.7 Å². The molecule has 4 nitrogen and oxygen atoms in total. The predicted octanol–water partition coefficient (Wildman–Crippen LogP) is 3.19. The van der Waals surface area contributed by atoms with Gasteiger partial charge >= 0.3 is 0 Å². The van der Waals surface area contributed by atoms with E-state index in [-0.39, 0.29) is 17.7 Å². The first-order chi connectivity index (χ1) is 9.29. The van der Waals surface area contributed by atoms with Crippen LogP contribution in [0.2, 0.25) is 0 Å². The van der Waals surface area contributed by atoms with E-state index in [1.54, 1.807) is 6.92 Å². The first-order valence-electron chi connectivity index (χ1n) is 6.81. The number of nitrogen functional groups attached to an aromatic ring is 1. The maximum atomic E-state index is 12.9. The van der Waals surface area contributed by atoms with E-state index in [9.17, 15) is 9.18 Å². The van der Waals surface area contributed by atoms with E-state index in [1.165, 1.54) is 18.2 Å². The molecule has 5 heteroatoms. The van der Waals surface area contributed by atoms with Crippen LogP contribution < -0.4 is 11.1 Å². The molecule has 0 aromatic heterocycles. The van der Waals surface area contributed by atoms with Crippen molar-refractivity contribution in [3.8, 4) is 0 Å². The van der Waals surface area contributed by atoms with Gasteiger partial charge in [0.25, 0.3) is 5.91 Å². The largest absolute Gasteiger partial charge is 0.397 e. The molecule has 2 unspecified atom stereocenters. The lowest BCUT2D eigenvalue weighted by Crippen LogP contribution is -2.31. The highest BCUT2D eigenvalue weighted by molar-refractivity contribution is 5.96. The molecule has 1 amide bonds. The minimum Gasteiger partial charge on any atom is -0.397 e. The van der Waals surface area contributed by atoms with Crippen LogP contribution in [0.1, 0.15) is 34.1 Å². The maximum absolute atomic E-state index is 12.9. The van der Waals surface area contributed by atoms with Crippen molar-refractivity contribution in [1.29, 1.82) is 0 Å². The summed E-state index contributed by atoms with van der Waals surface area (Å²) in [4.78, 5) is 12.0. The molecule has 3 N–H and O–H groups in total. The van der Waals surface area contributed by atoms with E-state index in [2.05, 4.69) is 19.2 Å². The summed E-state index contributed by atoms with van der Waals surface area (Å²) in [5, 5.41) is 2.64. The van der Waals surface area contributed by atoms with Gasteiger partial charge in [-0.05, 0) is 44.4 Å². The van der Waals surface area contributed by atoms with Gasteiger partial charge in [0.15, 0.2) is 0 Å². The number of hydrogen-bond donors (Lipinski definition) is 2. The molecule has 1 rings (SSSR count). The van der Waals surface area contributed by atoms with Crippen molar-refractivity contribution in [2.24, 2.45) is 5.92 Å². The number of carbonyl (C=O) groups is 1. The summed E-state index contributed by atoms with van der Waals surface area (Å²) in [7, 11) is 0. The van der Waals surface area contributed by atoms with E-state index in [0.29, 0.717) is 11.6 Å². The molecule has 20 heavy (non-hydrogen) atoms. The average molecular weight is 282 g/mol. The summed E-state index contributed by atoms with van der Waals surface area (Å²) in [6.07, 6.45) is 0.297. The normalized spacial score (nSPS) is 14.1. The second kappa shape index (κ2) is 7.24. The van der Waals surface area contributed by atoms with E-state index < -0.39 is 11.9 Å². The van der Waals surface area contributed by atoms with Crippen molar-refractivity contribution in [2.45, 2.75) is 46.3 Å². The average Bonchev–Trinajstić information content (AvgIpc) is 2.31. The van der Waals surface area contributed by atoms with Gasteiger partial charge in [0.2, 0.25) is 0 Å². The Balaban J connectivity index is 2.57. The Labute approximate surface area is 119 Å². The molecule has 0 saturated heterocycles. The van der Waals surface area contributed by atoms with Crippen LogP contribution in [-0.2, 0) is 9.53 Å². The lowest BCUT2D eigenvalue weighted by Gasteiger charge is -2.20. The third kappa shape index (κ3) is 5.17. The van der Waals surface area contributed by atoms with Crippen LogP contribution in [0.15, 0.2) is 18.2 Å². The molecule has 0 radical (unpaired) electrons. The molecular formula is C15H23FN2O2. The van der Waals surface area contributed by atoms with E-state index in [0.717, 1.165) is 6.42 Å².